The minimum atomic E-state index is -0.686. The number of anilines is 1. The van der Waals surface area contributed by atoms with Gasteiger partial charge in [-0.3, -0.25) is 9.78 Å². The van der Waals surface area contributed by atoms with Crippen molar-refractivity contribution < 1.29 is 19.4 Å². The van der Waals surface area contributed by atoms with E-state index in [1.807, 2.05) is 81.6 Å². The maximum atomic E-state index is 11.5. The minimum Gasteiger partial charge on any atom is -0.450 e. The normalized spacial score (nSPS) is 21.8. The van der Waals surface area contributed by atoms with Crippen LogP contribution in [0.4, 0.5) is 10.5 Å². The van der Waals surface area contributed by atoms with E-state index in [0.29, 0.717) is 31.2 Å². The number of carbonyl (C=O) groups is 2. The maximum Gasteiger partial charge on any atom is 0.409 e. The molecule has 0 aliphatic heterocycles. The average molecular weight is 573 g/mol. The minimum absolute atomic E-state index is 0.132. The molecule has 5 rings (SSSR count). The summed E-state index contributed by atoms with van der Waals surface area (Å²) in [4.78, 5) is 29.2. The van der Waals surface area contributed by atoms with Gasteiger partial charge in [-0.1, -0.05) is 73.9 Å². The molecule has 0 unspecified atom stereocenters. The molecule has 0 atom stereocenters. The molecular weight excluding hydrogens is 528 g/mol. The number of carbonyl (C=O) groups excluding carboxylic acids is 2. The zero-order chi connectivity index (χ0) is 30.3. The van der Waals surface area contributed by atoms with Crippen LogP contribution in [0.2, 0.25) is 0 Å². The predicted molar refractivity (Wildman–Crippen MR) is 167 cm³/mol. The van der Waals surface area contributed by atoms with Crippen molar-refractivity contribution in [1.29, 1.82) is 0 Å². The first-order valence-corrected chi connectivity index (χ1v) is 14.9. The maximum absolute atomic E-state index is 11.5. The van der Waals surface area contributed by atoms with Gasteiger partial charge >= 0.3 is 6.09 Å². The highest BCUT2D eigenvalue weighted by atomic mass is 16.6. The first-order valence-electron chi connectivity index (χ1n) is 14.9. The number of amides is 2. The fraction of sp³-hybridized carbons (Fsp3) is 0.441. The molecule has 8 nitrogen and oxygen atoms in total. The number of nitrogens with zero attached hydrogens (tertiary/aromatic N) is 2. The monoisotopic (exact) mass is 572 g/mol. The molecule has 2 saturated carbocycles. The third-order valence-corrected chi connectivity index (χ3v) is 8.10. The Kier molecular flexibility index (Phi) is 10.0. The van der Waals surface area contributed by atoms with Crippen molar-refractivity contribution in [3.8, 4) is 22.4 Å². The van der Waals surface area contributed by atoms with Gasteiger partial charge in [-0.25, -0.2) is 4.79 Å². The Morgan fingerprint density at radius 2 is 1.69 bits per heavy atom. The molecule has 0 saturated heterocycles. The van der Waals surface area contributed by atoms with Crippen LogP contribution in [0.5, 0.6) is 0 Å². The van der Waals surface area contributed by atoms with Crippen molar-refractivity contribution in [2.75, 3.05) is 19.0 Å². The largest absolute Gasteiger partial charge is 0.450 e. The number of nitrogens with two attached hydrogens (primary N) is 1. The second-order valence-corrected chi connectivity index (χ2v) is 11.9. The van der Waals surface area contributed by atoms with Crippen molar-refractivity contribution >= 4 is 17.7 Å². The Morgan fingerprint density at radius 3 is 2.26 bits per heavy atom. The van der Waals surface area contributed by atoms with Gasteiger partial charge in [0.05, 0.1) is 29.8 Å². The van der Waals surface area contributed by atoms with E-state index in [4.69, 9.17) is 10.5 Å². The molecule has 2 aliphatic carbocycles. The molecule has 4 N–H and O–H groups in total. The summed E-state index contributed by atoms with van der Waals surface area (Å²) in [5, 5.41) is 12.9. The third-order valence-electron chi connectivity index (χ3n) is 8.10. The van der Waals surface area contributed by atoms with E-state index in [1.54, 1.807) is 11.1 Å². The molecule has 224 valence electrons. The highest BCUT2D eigenvalue weighted by molar-refractivity contribution is 5.91. The molecule has 0 radical (unpaired) electrons. The summed E-state index contributed by atoms with van der Waals surface area (Å²) >= 11 is 0. The first kappa shape index (κ1) is 31.2. The van der Waals surface area contributed by atoms with Crippen LogP contribution in [-0.4, -0.2) is 52.3 Å². The molecule has 3 aromatic rings. The quantitative estimate of drug-likeness (QED) is 0.311. The van der Waals surface area contributed by atoms with E-state index >= 15 is 0 Å². The Hall–Kier alpha value is -3.75. The molecule has 0 spiro atoms. The van der Waals surface area contributed by atoms with Gasteiger partial charge in [-0.05, 0) is 56.7 Å². The van der Waals surface area contributed by atoms with Gasteiger partial charge in [0.2, 0.25) is 5.91 Å². The van der Waals surface area contributed by atoms with E-state index < -0.39 is 11.1 Å². The van der Waals surface area contributed by atoms with E-state index in [0.717, 1.165) is 40.8 Å². The molecular formula is C34H44N4O4. The third kappa shape index (κ3) is 7.75. The molecule has 2 aliphatic rings. The van der Waals surface area contributed by atoms with E-state index in [-0.39, 0.29) is 12.0 Å². The van der Waals surface area contributed by atoms with Gasteiger partial charge < -0.3 is 25.8 Å². The van der Waals surface area contributed by atoms with Gasteiger partial charge in [0.15, 0.2) is 0 Å². The summed E-state index contributed by atoms with van der Waals surface area (Å²) in [5.74, 6) is -0.132. The summed E-state index contributed by atoms with van der Waals surface area (Å²) in [6.45, 7) is 5.61. The highest BCUT2D eigenvalue weighted by Gasteiger charge is 2.49. The molecule has 0 bridgehead atoms. The van der Waals surface area contributed by atoms with E-state index in [2.05, 4.69) is 10.3 Å². The van der Waals surface area contributed by atoms with Crippen molar-refractivity contribution in [1.82, 2.24) is 9.88 Å². The zero-order valence-corrected chi connectivity index (χ0v) is 25.2. The lowest BCUT2D eigenvalue weighted by Crippen LogP contribution is -2.58. The van der Waals surface area contributed by atoms with Gasteiger partial charge in [-0.2, -0.15) is 0 Å². The van der Waals surface area contributed by atoms with Gasteiger partial charge in [0.1, 0.15) is 0 Å². The standard InChI is InChI=1S/C24H25N3O2.C10H19NO2/c1-16(28)27-20-12-21(17-6-4-3-5-7-17)22(26-13-20)18-8-10-19(11-9-18)24(25)14-23(2,29)15-24;1-3-13-10(12)11(2)9-7-5-4-6-8-9/h3-13,29H,14-15,25H2,1-2H3,(H,27,28);9H,3-8H2,1-2H3. The van der Waals surface area contributed by atoms with Crippen LogP contribution in [-0.2, 0) is 15.1 Å². The fourth-order valence-corrected chi connectivity index (χ4v) is 6.12. The summed E-state index contributed by atoms with van der Waals surface area (Å²) in [5.41, 5.74) is 10.7. The average Bonchev–Trinajstić information content (AvgIpc) is 2.97. The summed E-state index contributed by atoms with van der Waals surface area (Å²) in [6, 6.07) is 20.4. The van der Waals surface area contributed by atoms with Crippen LogP contribution < -0.4 is 11.1 Å². The van der Waals surface area contributed by atoms with Crippen molar-refractivity contribution in [2.45, 2.75) is 82.9 Å². The molecule has 2 amide bonds. The SMILES string of the molecule is CC(=O)Nc1cnc(-c2ccc(C3(N)CC(C)(O)C3)cc2)c(-c2ccccc2)c1.CCOC(=O)N(C)C1CCCCC1. The highest BCUT2D eigenvalue weighted by Crippen LogP contribution is 2.46. The Balaban J connectivity index is 0.000000262. The fourth-order valence-electron chi connectivity index (χ4n) is 6.12. The van der Waals surface area contributed by atoms with E-state index in [1.165, 1.54) is 26.2 Å². The number of ether oxygens (including phenoxy) is 1. The lowest BCUT2D eigenvalue weighted by atomic mass is 9.63. The predicted octanol–water partition coefficient (Wildman–Crippen LogP) is 6.48. The van der Waals surface area contributed by atoms with Gasteiger partial charge in [0, 0.05) is 36.7 Å². The summed E-state index contributed by atoms with van der Waals surface area (Å²) < 4.78 is 4.94. The molecule has 8 heteroatoms. The zero-order valence-electron chi connectivity index (χ0n) is 25.2. The Morgan fingerprint density at radius 1 is 1.05 bits per heavy atom. The van der Waals surface area contributed by atoms with Crippen LogP contribution in [0.25, 0.3) is 22.4 Å². The van der Waals surface area contributed by atoms with Crippen molar-refractivity contribution in [3.05, 3.63) is 72.4 Å². The Bertz CT molecular complexity index is 1340. The molecule has 2 fully saturated rings. The van der Waals surface area contributed by atoms with Crippen LogP contribution in [0, 0.1) is 0 Å². The van der Waals surface area contributed by atoms with Crippen LogP contribution in [0.15, 0.2) is 66.9 Å². The summed E-state index contributed by atoms with van der Waals surface area (Å²) in [6.07, 6.45) is 8.68. The topological polar surface area (TPSA) is 118 Å². The lowest BCUT2D eigenvalue weighted by Gasteiger charge is -2.49. The van der Waals surface area contributed by atoms with Crippen LogP contribution >= 0.6 is 0 Å². The number of aliphatic hydroxyl groups is 1. The number of benzene rings is 2. The first-order chi connectivity index (χ1) is 20.0. The number of aromatic nitrogens is 1. The number of hydrogen-bond donors (Lipinski definition) is 3. The molecule has 1 aromatic heterocycles. The number of rotatable bonds is 6. The second-order valence-electron chi connectivity index (χ2n) is 11.9. The van der Waals surface area contributed by atoms with Crippen molar-refractivity contribution in [3.63, 3.8) is 0 Å². The van der Waals surface area contributed by atoms with Gasteiger partial charge in [-0.15, -0.1) is 0 Å². The van der Waals surface area contributed by atoms with E-state index in [9.17, 15) is 14.7 Å². The van der Waals surface area contributed by atoms with Crippen LogP contribution in [0.1, 0.15) is 71.3 Å². The smallest absolute Gasteiger partial charge is 0.409 e. The van der Waals surface area contributed by atoms with Gasteiger partial charge in [0.25, 0.3) is 0 Å². The molecule has 2 aromatic carbocycles. The number of nitrogens with one attached hydrogen (secondary N) is 1. The van der Waals surface area contributed by atoms with Crippen molar-refractivity contribution in [2.24, 2.45) is 5.73 Å². The Labute approximate surface area is 249 Å². The second kappa shape index (κ2) is 13.5. The summed E-state index contributed by atoms with van der Waals surface area (Å²) in [7, 11) is 1.84. The number of pyridine rings is 1. The van der Waals surface area contributed by atoms with Crippen LogP contribution in [0.3, 0.4) is 0 Å². The molecule has 1 heterocycles. The number of hydrogen-bond acceptors (Lipinski definition) is 6. The lowest BCUT2D eigenvalue weighted by molar-refractivity contribution is -0.114. The molecule has 42 heavy (non-hydrogen) atoms.